The topological polar surface area (TPSA) is 115 Å². The summed E-state index contributed by atoms with van der Waals surface area (Å²) in [5, 5.41) is 24.7. The molecule has 0 fully saturated rings. The Bertz CT molecular complexity index is 1700. The predicted molar refractivity (Wildman–Crippen MR) is 136 cm³/mol. The van der Waals surface area contributed by atoms with E-state index in [1.165, 1.54) is 34.8 Å². The Labute approximate surface area is 217 Å². The van der Waals surface area contributed by atoms with Gasteiger partial charge in [0, 0.05) is 28.1 Å². The van der Waals surface area contributed by atoms with Crippen molar-refractivity contribution in [2.45, 2.75) is 19.8 Å². The third-order valence-corrected chi connectivity index (χ3v) is 7.67. The van der Waals surface area contributed by atoms with E-state index >= 15 is 0 Å². The van der Waals surface area contributed by atoms with Gasteiger partial charge in [-0.25, -0.2) is 18.9 Å². The predicted octanol–water partition coefficient (Wildman–Crippen LogP) is 5.35. The average Bonchev–Trinajstić information content (AvgIpc) is 3.64. The Balaban J connectivity index is 1.26. The van der Waals surface area contributed by atoms with E-state index in [2.05, 4.69) is 15.1 Å². The summed E-state index contributed by atoms with van der Waals surface area (Å²) in [7, 11) is 1.55. The number of imidazole rings is 1. The van der Waals surface area contributed by atoms with Gasteiger partial charge in [-0.05, 0) is 24.3 Å². The molecule has 2 N–H and O–H groups in total. The standard InChI is InChI=1S/C25H19FN4O5S2/c1-12-18(27-22(36-12)13-3-5-14(6-4-13)23(31)32)11-34-19-7-15(26)8-20-16(19)9-21(35-20)17-10-30-24(28-17)37-25(29-30)33-2/h3-10,23,31-32H,11H2,1-2H3. The molecule has 0 saturated carbocycles. The second-order valence-corrected chi connectivity index (χ2v) is 10.3. The number of thiazole rings is 1. The fourth-order valence-corrected chi connectivity index (χ4v) is 5.45. The number of aliphatic hydroxyl groups is 2. The Morgan fingerprint density at radius 3 is 2.65 bits per heavy atom. The van der Waals surface area contributed by atoms with Gasteiger partial charge < -0.3 is 24.1 Å². The molecule has 4 aromatic heterocycles. The van der Waals surface area contributed by atoms with Gasteiger partial charge in [-0.1, -0.05) is 24.3 Å². The first-order valence-electron chi connectivity index (χ1n) is 11.1. The molecule has 0 spiro atoms. The maximum Gasteiger partial charge on any atom is 0.294 e. The van der Waals surface area contributed by atoms with E-state index in [1.54, 1.807) is 48.2 Å². The average molecular weight is 539 g/mol. The highest BCUT2D eigenvalue weighted by Gasteiger charge is 2.18. The molecule has 0 saturated heterocycles. The zero-order chi connectivity index (χ0) is 25.7. The number of rotatable bonds is 7. The number of nitrogens with zero attached hydrogens (tertiary/aromatic N) is 4. The summed E-state index contributed by atoms with van der Waals surface area (Å²) in [5.74, 6) is 0.314. The molecule has 0 aliphatic heterocycles. The van der Waals surface area contributed by atoms with Crippen molar-refractivity contribution in [1.29, 1.82) is 0 Å². The van der Waals surface area contributed by atoms with Crippen molar-refractivity contribution in [3.05, 3.63) is 70.6 Å². The number of aryl methyl sites for hydroxylation is 1. The molecular weight excluding hydrogens is 519 g/mol. The van der Waals surface area contributed by atoms with Crippen molar-refractivity contribution >= 4 is 38.6 Å². The van der Waals surface area contributed by atoms with Gasteiger partial charge in [0.15, 0.2) is 12.1 Å². The molecule has 0 radical (unpaired) electrons. The van der Waals surface area contributed by atoms with E-state index < -0.39 is 12.1 Å². The van der Waals surface area contributed by atoms with Crippen LogP contribution in [0.4, 0.5) is 4.39 Å². The molecule has 188 valence electrons. The highest BCUT2D eigenvalue weighted by Crippen LogP contribution is 2.36. The van der Waals surface area contributed by atoms with Crippen LogP contribution < -0.4 is 9.47 Å². The van der Waals surface area contributed by atoms with Crippen LogP contribution in [-0.4, -0.2) is 36.9 Å². The molecule has 37 heavy (non-hydrogen) atoms. The van der Waals surface area contributed by atoms with Gasteiger partial charge in [0.05, 0.1) is 24.4 Å². The molecule has 0 atom stereocenters. The molecule has 0 unspecified atom stereocenters. The molecular formula is C25H19FN4O5S2. The van der Waals surface area contributed by atoms with Crippen molar-refractivity contribution in [1.82, 2.24) is 19.6 Å². The molecule has 6 aromatic rings. The van der Waals surface area contributed by atoms with E-state index in [1.807, 2.05) is 6.92 Å². The molecule has 0 aliphatic rings. The first kappa shape index (κ1) is 23.6. The summed E-state index contributed by atoms with van der Waals surface area (Å²) in [6.07, 6.45) is 0.199. The molecule has 6 rings (SSSR count). The van der Waals surface area contributed by atoms with E-state index in [-0.39, 0.29) is 6.61 Å². The summed E-state index contributed by atoms with van der Waals surface area (Å²) < 4.78 is 33.0. The lowest BCUT2D eigenvalue weighted by atomic mass is 10.1. The van der Waals surface area contributed by atoms with E-state index in [0.29, 0.717) is 43.9 Å². The van der Waals surface area contributed by atoms with Gasteiger partial charge in [-0.3, -0.25) is 0 Å². The minimum atomic E-state index is -1.52. The molecule has 2 aromatic carbocycles. The first-order valence-corrected chi connectivity index (χ1v) is 12.7. The van der Waals surface area contributed by atoms with Crippen molar-refractivity contribution < 1.29 is 28.5 Å². The third kappa shape index (κ3) is 4.44. The normalized spacial score (nSPS) is 11.7. The van der Waals surface area contributed by atoms with Gasteiger partial charge in [0.1, 0.15) is 34.5 Å². The zero-order valence-electron chi connectivity index (χ0n) is 19.5. The number of ether oxygens (including phenoxy) is 2. The lowest BCUT2D eigenvalue weighted by Crippen LogP contribution is -1.98. The highest BCUT2D eigenvalue weighted by molar-refractivity contribution is 7.18. The van der Waals surface area contributed by atoms with Crippen LogP contribution in [-0.2, 0) is 6.61 Å². The lowest BCUT2D eigenvalue weighted by Gasteiger charge is -2.06. The van der Waals surface area contributed by atoms with Crippen LogP contribution in [0.1, 0.15) is 22.4 Å². The maximum absolute atomic E-state index is 14.4. The maximum atomic E-state index is 14.4. The molecule has 0 bridgehead atoms. The van der Waals surface area contributed by atoms with Crippen LogP contribution >= 0.6 is 22.7 Å². The Morgan fingerprint density at radius 1 is 1.11 bits per heavy atom. The van der Waals surface area contributed by atoms with Gasteiger partial charge in [-0.15, -0.1) is 16.4 Å². The third-order valence-electron chi connectivity index (χ3n) is 5.73. The molecule has 0 amide bonds. The number of methoxy groups -OCH3 is 1. The highest BCUT2D eigenvalue weighted by atomic mass is 32.1. The Hall–Kier alpha value is -3.84. The number of furan rings is 1. The van der Waals surface area contributed by atoms with Gasteiger partial charge in [-0.2, -0.15) is 0 Å². The fourth-order valence-electron chi connectivity index (χ4n) is 3.83. The number of hydrogen-bond acceptors (Lipinski definition) is 10. The van der Waals surface area contributed by atoms with E-state index in [4.69, 9.17) is 13.9 Å². The summed E-state index contributed by atoms with van der Waals surface area (Å²) in [5.41, 5.74) is 2.88. The second-order valence-electron chi connectivity index (χ2n) is 8.16. The number of aliphatic hydroxyl groups excluding tert-OH is 1. The summed E-state index contributed by atoms with van der Waals surface area (Å²) in [6, 6.07) is 11.3. The zero-order valence-corrected chi connectivity index (χ0v) is 21.1. The largest absolute Gasteiger partial charge is 0.486 e. The summed E-state index contributed by atoms with van der Waals surface area (Å²) >= 11 is 2.80. The van der Waals surface area contributed by atoms with Crippen molar-refractivity contribution in [2.24, 2.45) is 0 Å². The first-order chi connectivity index (χ1) is 17.9. The van der Waals surface area contributed by atoms with Crippen LogP contribution in [0.2, 0.25) is 0 Å². The number of hydrogen-bond donors (Lipinski definition) is 2. The Morgan fingerprint density at radius 2 is 1.92 bits per heavy atom. The van der Waals surface area contributed by atoms with Crippen molar-refractivity contribution in [2.75, 3.05) is 7.11 Å². The molecule has 0 aliphatic carbocycles. The van der Waals surface area contributed by atoms with Crippen molar-refractivity contribution in [3.8, 4) is 33.0 Å². The summed E-state index contributed by atoms with van der Waals surface area (Å²) in [4.78, 5) is 10.8. The minimum Gasteiger partial charge on any atom is -0.486 e. The van der Waals surface area contributed by atoms with E-state index in [0.717, 1.165) is 21.1 Å². The molecule has 12 heteroatoms. The van der Waals surface area contributed by atoms with Crippen LogP contribution in [0.15, 0.2) is 53.1 Å². The monoisotopic (exact) mass is 538 g/mol. The fraction of sp³-hybridized carbons (Fsp3) is 0.160. The van der Waals surface area contributed by atoms with Crippen LogP contribution in [0.25, 0.3) is 38.0 Å². The van der Waals surface area contributed by atoms with Crippen LogP contribution in [0.3, 0.4) is 0 Å². The molecule has 4 heterocycles. The van der Waals surface area contributed by atoms with Crippen LogP contribution in [0, 0.1) is 12.7 Å². The van der Waals surface area contributed by atoms with Gasteiger partial charge >= 0.3 is 0 Å². The second kappa shape index (κ2) is 9.23. The lowest BCUT2D eigenvalue weighted by molar-refractivity contribution is -0.0424. The van der Waals surface area contributed by atoms with Crippen molar-refractivity contribution in [3.63, 3.8) is 0 Å². The number of fused-ring (bicyclic) bond motifs is 2. The number of benzene rings is 2. The molecule has 9 nitrogen and oxygen atoms in total. The number of aromatic nitrogens is 4. The minimum absolute atomic E-state index is 0.138. The Kier molecular flexibility index (Phi) is 5.88. The number of halogens is 1. The smallest absolute Gasteiger partial charge is 0.294 e. The van der Waals surface area contributed by atoms with Gasteiger partial charge in [0.25, 0.3) is 5.19 Å². The van der Waals surface area contributed by atoms with Gasteiger partial charge in [0.2, 0.25) is 4.96 Å². The SMILES string of the molecule is COc1nn2cc(-c3cc4c(OCc5nc(-c6ccc(C(O)O)cc6)sc5C)cc(F)cc4o3)nc2s1. The summed E-state index contributed by atoms with van der Waals surface area (Å²) in [6.45, 7) is 2.08. The van der Waals surface area contributed by atoms with E-state index in [9.17, 15) is 14.6 Å². The van der Waals surface area contributed by atoms with Crippen LogP contribution in [0.5, 0.6) is 10.9 Å². The quantitative estimate of drug-likeness (QED) is 0.262.